The summed E-state index contributed by atoms with van der Waals surface area (Å²) in [4.78, 5) is 16.6. The Morgan fingerprint density at radius 1 is 1.27 bits per heavy atom. The minimum absolute atomic E-state index is 0.198. The van der Waals surface area contributed by atoms with Gasteiger partial charge in [0.1, 0.15) is 11.8 Å². The maximum absolute atomic E-state index is 12.5. The van der Waals surface area contributed by atoms with E-state index in [4.69, 9.17) is 20.8 Å². The van der Waals surface area contributed by atoms with E-state index in [1.165, 1.54) is 18.6 Å². The van der Waals surface area contributed by atoms with Gasteiger partial charge in [-0.1, -0.05) is 0 Å². The largest absolute Gasteiger partial charge is 0.472 e. The highest BCUT2D eigenvalue weighted by molar-refractivity contribution is 6.14. The van der Waals surface area contributed by atoms with Crippen LogP contribution in [0.3, 0.4) is 0 Å². The van der Waals surface area contributed by atoms with Gasteiger partial charge in [0, 0.05) is 22.5 Å². The number of hydrogen-bond donors (Lipinski definition) is 3. The fraction of sp³-hybridized carbons (Fsp3) is 0.0526. The van der Waals surface area contributed by atoms with E-state index in [-0.39, 0.29) is 17.3 Å². The average molecular weight is 345 g/mol. The molecule has 0 aliphatic carbocycles. The second-order valence-electron chi connectivity index (χ2n) is 5.58. The Morgan fingerprint density at radius 2 is 2.08 bits per heavy atom. The number of nitriles is 1. The summed E-state index contributed by atoms with van der Waals surface area (Å²) in [6.07, 6.45) is 2.94. The maximum Gasteiger partial charge on any atom is 0.257 e. The topological polar surface area (TPSA) is 129 Å². The molecule has 0 saturated carbocycles. The summed E-state index contributed by atoms with van der Waals surface area (Å²) >= 11 is 0. The van der Waals surface area contributed by atoms with E-state index >= 15 is 0 Å². The number of carbonyl (C=O) groups excluding carboxylic acids is 1. The number of nitrogens with zero attached hydrogens (tertiary/aromatic N) is 2. The average Bonchev–Trinajstić information content (AvgIpc) is 3.17. The summed E-state index contributed by atoms with van der Waals surface area (Å²) in [5.41, 5.74) is 9.24. The van der Waals surface area contributed by atoms with Crippen molar-refractivity contribution in [1.29, 1.82) is 10.7 Å². The highest BCUT2D eigenvalue weighted by atomic mass is 16.3. The molecule has 2 aromatic heterocycles. The van der Waals surface area contributed by atoms with Crippen molar-refractivity contribution >= 4 is 23.0 Å². The monoisotopic (exact) mass is 345 g/mol. The summed E-state index contributed by atoms with van der Waals surface area (Å²) in [6, 6.07) is 11.6. The van der Waals surface area contributed by atoms with Crippen LogP contribution in [0.2, 0.25) is 0 Å². The van der Waals surface area contributed by atoms with Gasteiger partial charge in [-0.2, -0.15) is 5.26 Å². The summed E-state index contributed by atoms with van der Waals surface area (Å²) < 4.78 is 5.00. The molecular weight excluding hydrogens is 330 g/mol. The Labute approximate surface area is 149 Å². The van der Waals surface area contributed by atoms with E-state index in [2.05, 4.69) is 10.3 Å². The first kappa shape index (κ1) is 16.9. The first-order valence-corrected chi connectivity index (χ1v) is 7.69. The highest BCUT2D eigenvalue weighted by Gasteiger charge is 2.14. The first-order valence-electron chi connectivity index (χ1n) is 7.69. The molecule has 128 valence electrons. The zero-order chi connectivity index (χ0) is 18.7. The summed E-state index contributed by atoms with van der Waals surface area (Å²) in [6.45, 7) is 1.67. The van der Waals surface area contributed by atoms with Gasteiger partial charge in [-0.25, -0.2) is 4.98 Å². The van der Waals surface area contributed by atoms with Crippen LogP contribution in [0.4, 0.5) is 11.4 Å². The van der Waals surface area contributed by atoms with Crippen LogP contribution < -0.4 is 11.1 Å². The number of nitrogens with one attached hydrogen (secondary N) is 2. The van der Waals surface area contributed by atoms with Crippen molar-refractivity contribution in [3.63, 3.8) is 0 Å². The molecule has 0 aliphatic rings. The van der Waals surface area contributed by atoms with Crippen LogP contribution in [0.5, 0.6) is 0 Å². The minimum Gasteiger partial charge on any atom is -0.472 e. The third-order valence-electron chi connectivity index (χ3n) is 3.84. The Hall–Kier alpha value is -3.92. The van der Waals surface area contributed by atoms with E-state index in [0.717, 1.165) is 0 Å². The van der Waals surface area contributed by atoms with Crippen LogP contribution >= 0.6 is 0 Å². The molecule has 0 spiro atoms. The van der Waals surface area contributed by atoms with Gasteiger partial charge in [0.05, 0.1) is 29.5 Å². The van der Waals surface area contributed by atoms with Crippen LogP contribution in [0.25, 0.3) is 0 Å². The van der Waals surface area contributed by atoms with E-state index in [9.17, 15) is 4.79 Å². The molecule has 2 heterocycles. The lowest BCUT2D eigenvalue weighted by Crippen LogP contribution is -2.15. The molecule has 0 bridgehead atoms. The molecule has 0 aliphatic heterocycles. The molecule has 0 saturated heterocycles. The van der Waals surface area contributed by atoms with Crippen molar-refractivity contribution < 1.29 is 9.21 Å². The summed E-state index contributed by atoms with van der Waals surface area (Å²) in [5, 5.41) is 19.9. The van der Waals surface area contributed by atoms with Crippen molar-refractivity contribution in [2.75, 3.05) is 11.1 Å². The third-order valence-corrected chi connectivity index (χ3v) is 3.84. The minimum atomic E-state index is -0.356. The van der Waals surface area contributed by atoms with Crippen LogP contribution in [0, 0.1) is 23.7 Å². The number of hydrogen-bond acceptors (Lipinski definition) is 6. The number of benzene rings is 1. The van der Waals surface area contributed by atoms with Gasteiger partial charge < -0.3 is 15.5 Å². The fourth-order valence-corrected chi connectivity index (χ4v) is 2.47. The Morgan fingerprint density at radius 3 is 2.73 bits per heavy atom. The second-order valence-corrected chi connectivity index (χ2v) is 5.58. The normalized spacial score (nSPS) is 10.2. The summed E-state index contributed by atoms with van der Waals surface area (Å²) in [7, 11) is 0. The van der Waals surface area contributed by atoms with Gasteiger partial charge in [0.2, 0.25) is 0 Å². The lowest BCUT2D eigenvalue weighted by Gasteiger charge is -2.11. The number of amides is 1. The predicted octanol–water partition coefficient (Wildman–Crippen LogP) is 3.11. The molecule has 0 radical (unpaired) electrons. The van der Waals surface area contributed by atoms with Crippen molar-refractivity contribution in [2.45, 2.75) is 6.92 Å². The predicted molar refractivity (Wildman–Crippen MR) is 97.1 cm³/mol. The first-order chi connectivity index (χ1) is 12.5. The molecule has 7 heteroatoms. The molecule has 0 atom stereocenters. The Bertz CT molecular complexity index is 1030. The van der Waals surface area contributed by atoms with Gasteiger partial charge >= 0.3 is 0 Å². The third kappa shape index (κ3) is 3.30. The Balaban J connectivity index is 1.87. The molecule has 1 aromatic carbocycles. The molecule has 0 unspecified atom stereocenters. The molecule has 1 amide bonds. The molecular formula is C19H15N5O2. The molecule has 0 fully saturated rings. The van der Waals surface area contributed by atoms with Gasteiger partial charge in [-0.15, -0.1) is 0 Å². The number of rotatable bonds is 4. The highest BCUT2D eigenvalue weighted by Crippen LogP contribution is 2.22. The van der Waals surface area contributed by atoms with E-state index in [0.29, 0.717) is 33.8 Å². The number of nitrogen functional groups attached to an aromatic ring is 1. The molecule has 26 heavy (non-hydrogen) atoms. The smallest absolute Gasteiger partial charge is 0.257 e. The number of nitrogens with two attached hydrogens (primary N) is 1. The number of aryl methyl sites for hydroxylation is 1. The lowest BCUT2D eigenvalue weighted by atomic mass is 10.0. The van der Waals surface area contributed by atoms with Crippen LogP contribution in [-0.2, 0) is 0 Å². The molecule has 3 rings (SSSR count). The van der Waals surface area contributed by atoms with E-state index in [1.54, 1.807) is 37.3 Å². The fourth-order valence-electron chi connectivity index (χ4n) is 2.47. The van der Waals surface area contributed by atoms with Crippen LogP contribution in [0.1, 0.15) is 32.9 Å². The standard InChI is InChI=1S/C19H15N5O2/c1-11-15(4-2-14(9-20)23-11)19(25)24-13-3-5-17(21)16(8-13)18(22)12-6-7-26-10-12/h2-8,10,22H,21H2,1H3,(H,24,25). The number of carbonyl (C=O) groups is 1. The molecule has 4 N–H and O–H groups in total. The number of anilines is 2. The lowest BCUT2D eigenvalue weighted by molar-refractivity contribution is 0.102. The summed E-state index contributed by atoms with van der Waals surface area (Å²) in [5.74, 6) is -0.356. The van der Waals surface area contributed by atoms with E-state index < -0.39 is 0 Å². The molecule has 7 nitrogen and oxygen atoms in total. The van der Waals surface area contributed by atoms with Gasteiger partial charge in [0.15, 0.2) is 0 Å². The van der Waals surface area contributed by atoms with Gasteiger partial charge in [0.25, 0.3) is 5.91 Å². The van der Waals surface area contributed by atoms with Crippen molar-refractivity contribution in [1.82, 2.24) is 4.98 Å². The quantitative estimate of drug-likeness (QED) is 0.494. The van der Waals surface area contributed by atoms with Gasteiger partial charge in [-0.3, -0.25) is 10.2 Å². The Kier molecular flexibility index (Phi) is 4.50. The van der Waals surface area contributed by atoms with Crippen LogP contribution in [-0.4, -0.2) is 16.6 Å². The maximum atomic E-state index is 12.5. The van der Waals surface area contributed by atoms with Gasteiger partial charge in [-0.05, 0) is 43.3 Å². The SMILES string of the molecule is Cc1nc(C#N)ccc1C(=O)Nc1ccc(N)c(C(=N)c2ccoc2)c1. The van der Waals surface area contributed by atoms with Crippen molar-refractivity contribution in [3.05, 3.63) is 77.0 Å². The number of furan rings is 1. The second kappa shape index (κ2) is 6.91. The number of aromatic nitrogens is 1. The zero-order valence-corrected chi connectivity index (χ0v) is 13.9. The zero-order valence-electron chi connectivity index (χ0n) is 13.9. The number of pyridine rings is 1. The molecule has 3 aromatic rings. The van der Waals surface area contributed by atoms with E-state index in [1.807, 2.05) is 6.07 Å². The van der Waals surface area contributed by atoms with Crippen LogP contribution in [0.15, 0.2) is 53.3 Å². The van der Waals surface area contributed by atoms with Crippen molar-refractivity contribution in [3.8, 4) is 6.07 Å². The van der Waals surface area contributed by atoms with Crippen molar-refractivity contribution in [2.24, 2.45) is 0 Å².